The van der Waals surface area contributed by atoms with Gasteiger partial charge in [0.1, 0.15) is 12.0 Å². The fourth-order valence-corrected chi connectivity index (χ4v) is 0.558. The Labute approximate surface area is 54.7 Å². The predicted octanol–water partition coefficient (Wildman–Crippen LogP) is 1.78. The van der Waals surface area contributed by atoms with Crippen molar-refractivity contribution >= 4 is 15.9 Å². The first-order valence-electron chi connectivity index (χ1n) is 1.98. The first-order valence-corrected chi connectivity index (χ1v) is 2.77. The van der Waals surface area contributed by atoms with Gasteiger partial charge in [-0.1, -0.05) is 0 Å². The Balaban J connectivity index is 3.13. The number of halogens is 2. The van der Waals surface area contributed by atoms with Gasteiger partial charge in [-0.25, -0.2) is 4.39 Å². The van der Waals surface area contributed by atoms with Crippen molar-refractivity contribution in [1.29, 1.82) is 0 Å². The molecule has 0 unspecified atom stereocenters. The van der Waals surface area contributed by atoms with E-state index in [2.05, 4.69) is 27.1 Å². The number of pyridine rings is 1. The fourth-order valence-electron chi connectivity index (χ4n) is 0.323. The summed E-state index contributed by atoms with van der Waals surface area (Å²) in [6.45, 7) is 0. The van der Waals surface area contributed by atoms with E-state index in [9.17, 15) is 4.39 Å². The van der Waals surface area contributed by atoms with Crippen molar-refractivity contribution in [3.05, 3.63) is 28.7 Å². The first-order chi connectivity index (χ1) is 3.80. The smallest absolute Gasteiger partial charge is 0.141 e. The zero-order valence-electron chi connectivity index (χ0n) is 3.86. The summed E-state index contributed by atoms with van der Waals surface area (Å²) >= 11 is 2.90. The Hall–Kier alpha value is -0.440. The van der Waals surface area contributed by atoms with Crippen LogP contribution in [-0.2, 0) is 0 Å². The zero-order valence-corrected chi connectivity index (χ0v) is 5.44. The second kappa shape index (κ2) is 2.22. The van der Waals surface area contributed by atoms with Crippen LogP contribution in [-0.4, -0.2) is 4.98 Å². The van der Waals surface area contributed by atoms with Crippen molar-refractivity contribution < 1.29 is 4.39 Å². The highest BCUT2D eigenvalue weighted by molar-refractivity contribution is 9.10. The topological polar surface area (TPSA) is 12.9 Å². The normalized spacial score (nSPS) is 9.25. The summed E-state index contributed by atoms with van der Waals surface area (Å²) in [6.07, 6.45) is 3.74. The van der Waals surface area contributed by atoms with Crippen LogP contribution in [0.25, 0.3) is 0 Å². The minimum Gasteiger partial charge on any atom is -0.253 e. The molecule has 1 aromatic rings. The van der Waals surface area contributed by atoms with E-state index in [0.29, 0.717) is 0 Å². The van der Waals surface area contributed by atoms with Crippen molar-refractivity contribution in [3.8, 4) is 0 Å². The Morgan fingerprint density at radius 2 is 2.50 bits per heavy atom. The third-order valence-corrected chi connectivity index (χ3v) is 1.22. The lowest BCUT2D eigenvalue weighted by atomic mass is 10.5. The monoisotopic (exact) mass is 174 g/mol. The molecule has 0 aliphatic carbocycles. The quantitative estimate of drug-likeness (QED) is 0.585. The molecular formula is C5H2BrFN. The van der Waals surface area contributed by atoms with Gasteiger partial charge >= 0.3 is 0 Å². The SMILES string of the molecule is Fc1ccn[c]c1Br. The van der Waals surface area contributed by atoms with Gasteiger partial charge in [-0.05, 0) is 22.0 Å². The average molecular weight is 175 g/mol. The molecule has 1 nitrogen and oxygen atoms in total. The second-order valence-electron chi connectivity index (χ2n) is 1.22. The van der Waals surface area contributed by atoms with E-state index in [1.165, 1.54) is 12.3 Å². The van der Waals surface area contributed by atoms with E-state index in [-0.39, 0.29) is 10.3 Å². The number of rotatable bonds is 0. The van der Waals surface area contributed by atoms with Crippen LogP contribution in [0.15, 0.2) is 16.7 Å². The molecular weight excluding hydrogens is 173 g/mol. The molecule has 0 aliphatic rings. The van der Waals surface area contributed by atoms with Crippen molar-refractivity contribution in [2.45, 2.75) is 0 Å². The van der Waals surface area contributed by atoms with Crippen LogP contribution < -0.4 is 0 Å². The Bertz CT molecular complexity index is 169. The highest BCUT2D eigenvalue weighted by Crippen LogP contribution is 2.09. The third-order valence-electron chi connectivity index (χ3n) is 0.668. The van der Waals surface area contributed by atoms with Gasteiger partial charge in [-0.15, -0.1) is 0 Å². The van der Waals surface area contributed by atoms with Crippen LogP contribution in [0.3, 0.4) is 0 Å². The molecule has 0 aromatic carbocycles. The standard InChI is InChI=1S/C5H2BrFN/c6-4-3-8-2-1-5(4)7/h1-2H. The van der Waals surface area contributed by atoms with E-state index in [1.807, 2.05) is 0 Å². The molecule has 1 heterocycles. The van der Waals surface area contributed by atoms with Crippen LogP contribution in [0.5, 0.6) is 0 Å². The summed E-state index contributed by atoms with van der Waals surface area (Å²) in [5.41, 5.74) is 0. The molecule has 8 heavy (non-hydrogen) atoms. The summed E-state index contributed by atoms with van der Waals surface area (Å²) in [5.74, 6) is -0.333. The minimum atomic E-state index is -0.333. The number of nitrogens with zero attached hydrogens (tertiary/aromatic N) is 1. The molecule has 0 spiro atoms. The van der Waals surface area contributed by atoms with Gasteiger partial charge in [-0.3, -0.25) is 4.98 Å². The van der Waals surface area contributed by atoms with Crippen molar-refractivity contribution in [3.63, 3.8) is 0 Å². The molecule has 0 saturated heterocycles. The lowest BCUT2D eigenvalue weighted by Gasteiger charge is -1.85. The van der Waals surface area contributed by atoms with Crippen LogP contribution in [0.1, 0.15) is 0 Å². The minimum absolute atomic E-state index is 0.278. The molecule has 1 aromatic heterocycles. The highest BCUT2D eigenvalue weighted by Gasteiger charge is 1.93. The summed E-state index contributed by atoms with van der Waals surface area (Å²) < 4.78 is 12.5. The predicted molar refractivity (Wildman–Crippen MR) is 30.7 cm³/mol. The molecule has 0 aliphatic heterocycles. The molecule has 0 bridgehead atoms. The summed E-state index contributed by atoms with van der Waals surface area (Å²) in [6, 6.07) is 1.26. The third kappa shape index (κ3) is 1.04. The Morgan fingerprint density at radius 3 is 2.88 bits per heavy atom. The maximum Gasteiger partial charge on any atom is 0.141 e. The molecule has 1 radical (unpaired) electrons. The van der Waals surface area contributed by atoms with E-state index in [0.717, 1.165) is 0 Å². The van der Waals surface area contributed by atoms with Crippen molar-refractivity contribution in [2.24, 2.45) is 0 Å². The van der Waals surface area contributed by atoms with Gasteiger partial charge in [0.25, 0.3) is 0 Å². The van der Waals surface area contributed by atoms with Gasteiger partial charge in [0.2, 0.25) is 0 Å². The van der Waals surface area contributed by atoms with Crippen LogP contribution in [0.2, 0.25) is 0 Å². The maximum absolute atomic E-state index is 12.2. The molecule has 0 saturated carbocycles. The lowest BCUT2D eigenvalue weighted by Crippen LogP contribution is -1.76. The zero-order chi connectivity index (χ0) is 5.98. The van der Waals surface area contributed by atoms with Gasteiger partial charge in [0.15, 0.2) is 0 Å². The molecule has 41 valence electrons. The number of aromatic nitrogens is 1. The molecule has 0 fully saturated rings. The van der Waals surface area contributed by atoms with Gasteiger partial charge in [0.05, 0.1) is 4.47 Å². The van der Waals surface area contributed by atoms with E-state index in [4.69, 9.17) is 0 Å². The number of hydrogen-bond donors (Lipinski definition) is 0. The van der Waals surface area contributed by atoms with E-state index >= 15 is 0 Å². The van der Waals surface area contributed by atoms with Crippen molar-refractivity contribution in [2.75, 3.05) is 0 Å². The van der Waals surface area contributed by atoms with Gasteiger partial charge < -0.3 is 0 Å². The molecule has 0 amide bonds. The van der Waals surface area contributed by atoms with Crippen LogP contribution in [0.4, 0.5) is 4.39 Å². The molecule has 3 heteroatoms. The summed E-state index contributed by atoms with van der Waals surface area (Å²) in [4.78, 5) is 3.53. The summed E-state index contributed by atoms with van der Waals surface area (Å²) in [5, 5.41) is 0. The molecule has 0 atom stereocenters. The van der Waals surface area contributed by atoms with Crippen molar-refractivity contribution in [1.82, 2.24) is 4.98 Å². The fraction of sp³-hybridized carbons (Fsp3) is 0. The molecule has 1 rings (SSSR count). The number of hydrogen-bond acceptors (Lipinski definition) is 1. The van der Waals surface area contributed by atoms with Gasteiger partial charge in [-0.2, -0.15) is 0 Å². The summed E-state index contributed by atoms with van der Waals surface area (Å²) in [7, 11) is 0. The lowest BCUT2D eigenvalue weighted by molar-refractivity contribution is 0.618. The molecule has 0 N–H and O–H groups in total. The Kier molecular flexibility index (Phi) is 1.58. The first kappa shape index (κ1) is 5.69. The maximum atomic E-state index is 12.2. The Morgan fingerprint density at radius 1 is 1.75 bits per heavy atom. The van der Waals surface area contributed by atoms with Crippen LogP contribution in [0, 0.1) is 12.0 Å². The highest BCUT2D eigenvalue weighted by atomic mass is 79.9. The average Bonchev–Trinajstić information content (AvgIpc) is 1.77. The van der Waals surface area contributed by atoms with Gasteiger partial charge in [0, 0.05) is 6.20 Å². The van der Waals surface area contributed by atoms with E-state index < -0.39 is 0 Å². The van der Waals surface area contributed by atoms with Crippen LogP contribution >= 0.6 is 15.9 Å². The second-order valence-corrected chi connectivity index (χ2v) is 2.01. The largest absolute Gasteiger partial charge is 0.253 e. The van der Waals surface area contributed by atoms with E-state index in [1.54, 1.807) is 0 Å².